The molecule has 0 saturated carbocycles. The fourth-order valence-electron chi connectivity index (χ4n) is 1.47. The first-order valence-electron chi connectivity index (χ1n) is 5.64. The van der Waals surface area contributed by atoms with Crippen molar-refractivity contribution < 1.29 is 9.53 Å². The van der Waals surface area contributed by atoms with E-state index >= 15 is 0 Å². The minimum atomic E-state index is -0.156. The van der Waals surface area contributed by atoms with Gasteiger partial charge in [0.1, 0.15) is 0 Å². The fraction of sp³-hybridized carbons (Fsp3) is 0.462. The van der Waals surface area contributed by atoms with Crippen molar-refractivity contribution in [3.8, 4) is 0 Å². The maximum absolute atomic E-state index is 11.0. The summed E-state index contributed by atoms with van der Waals surface area (Å²) in [6.07, 6.45) is 0.448. The van der Waals surface area contributed by atoms with E-state index in [-0.39, 0.29) is 5.97 Å². The number of nitrogens with one attached hydrogen (secondary N) is 1. The zero-order valence-electron chi connectivity index (χ0n) is 10.5. The Labute approximate surface area is 107 Å². The van der Waals surface area contributed by atoms with Crippen LogP contribution in [0.1, 0.15) is 24.9 Å². The minimum Gasteiger partial charge on any atom is -0.469 e. The maximum Gasteiger partial charge on any atom is 0.306 e. The molecular formula is C13H19NO2S. The highest BCUT2D eigenvalue weighted by molar-refractivity contribution is 7.99. The molecule has 0 bridgehead atoms. The van der Waals surface area contributed by atoms with E-state index in [4.69, 9.17) is 0 Å². The van der Waals surface area contributed by atoms with Gasteiger partial charge >= 0.3 is 5.97 Å². The van der Waals surface area contributed by atoms with E-state index in [1.807, 2.05) is 19.2 Å². The summed E-state index contributed by atoms with van der Waals surface area (Å²) in [5.74, 6) is 0.594. The SMILES string of the molecule is CNC(C)c1ccccc1SCCC(=O)OC. The van der Waals surface area contributed by atoms with Crippen molar-refractivity contribution >= 4 is 17.7 Å². The molecule has 1 N–H and O–H groups in total. The highest BCUT2D eigenvalue weighted by atomic mass is 32.2. The smallest absolute Gasteiger partial charge is 0.306 e. The number of hydrogen-bond acceptors (Lipinski definition) is 4. The van der Waals surface area contributed by atoms with Crippen molar-refractivity contribution in [2.75, 3.05) is 19.9 Å². The van der Waals surface area contributed by atoms with Crippen LogP contribution in [0.25, 0.3) is 0 Å². The summed E-state index contributed by atoms with van der Waals surface area (Å²) in [7, 11) is 3.37. The third-order valence-corrected chi connectivity index (χ3v) is 3.70. The second-order valence-corrected chi connectivity index (χ2v) is 4.86. The lowest BCUT2D eigenvalue weighted by Gasteiger charge is -2.15. The van der Waals surface area contributed by atoms with Crippen molar-refractivity contribution in [2.24, 2.45) is 0 Å². The lowest BCUT2D eigenvalue weighted by Crippen LogP contribution is -2.13. The molecule has 94 valence electrons. The van der Waals surface area contributed by atoms with Crippen LogP contribution in [0.2, 0.25) is 0 Å². The van der Waals surface area contributed by atoms with Crippen molar-refractivity contribution in [1.82, 2.24) is 5.32 Å². The van der Waals surface area contributed by atoms with E-state index in [2.05, 4.69) is 29.1 Å². The van der Waals surface area contributed by atoms with Gasteiger partial charge in [-0.1, -0.05) is 18.2 Å². The number of thioether (sulfide) groups is 1. The van der Waals surface area contributed by atoms with E-state index in [9.17, 15) is 4.79 Å². The van der Waals surface area contributed by atoms with E-state index in [1.165, 1.54) is 17.6 Å². The molecule has 0 aliphatic carbocycles. The minimum absolute atomic E-state index is 0.156. The van der Waals surface area contributed by atoms with Crippen LogP contribution in [0, 0.1) is 0 Å². The van der Waals surface area contributed by atoms with Gasteiger partial charge in [-0.15, -0.1) is 11.8 Å². The van der Waals surface area contributed by atoms with Crippen LogP contribution in [0.4, 0.5) is 0 Å². The quantitative estimate of drug-likeness (QED) is 0.625. The van der Waals surface area contributed by atoms with Crippen LogP contribution in [0.3, 0.4) is 0 Å². The molecule has 17 heavy (non-hydrogen) atoms. The first-order valence-corrected chi connectivity index (χ1v) is 6.63. The molecular weight excluding hydrogens is 234 g/mol. The van der Waals surface area contributed by atoms with Crippen molar-refractivity contribution in [3.05, 3.63) is 29.8 Å². The molecule has 0 spiro atoms. The van der Waals surface area contributed by atoms with Gasteiger partial charge < -0.3 is 10.1 Å². The number of ether oxygens (including phenoxy) is 1. The summed E-state index contributed by atoms with van der Waals surface area (Å²) in [6.45, 7) is 2.12. The Balaban J connectivity index is 2.61. The molecule has 1 aromatic carbocycles. The Morgan fingerprint density at radius 3 is 2.82 bits per heavy atom. The van der Waals surface area contributed by atoms with Crippen LogP contribution in [-0.2, 0) is 9.53 Å². The Morgan fingerprint density at radius 2 is 2.18 bits per heavy atom. The molecule has 0 heterocycles. The summed E-state index contributed by atoms with van der Waals surface area (Å²) >= 11 is 1.69. The van der Waals surface area contributed by atoms with Gasteiger partial charge in [-0.25, -0.2) is 0 Å². The Kier molecular flexibility index (Phi) is 6.08. The Morgan fingerprint density at radius 1 is 1.47 bits per heavy atom. The molecule has 1 unspecified atom stereocenters. The average Bonchev–Trinajstić information content (AvgIpc) is 2.38. The molecule has 0 aliphatic heterocycles. The van der Waals surface area contributed by atoms with Crippen LogP contribution in [0.15, 0.2) is 29.2 Å². The summed E-state index contributed by atoms with van der Waals surface area (Å²) in [4.78, 5) is 12.2. The average molecular weight is 253 g/mol. The number of hydrogen-bond donors (Lipinski definition) is 1. The summed E-state index contributed by atoms with van der Waals surface area (Å²) < 4.78 is 4.62. The number of carbonyl (C=O) groups is 1. The molecule has 4 heteroatoms. The van der Waals surface area contributed by atoms with Crippen LogP contribution in [0.5, 0.6) is 0 Å². The normalized spacial score (nSPS) is 12.2. The fourth-order valence-corrected chi connectivity index (χ4v) is 2.55. The maximum atomic E-state index is 11.0. The molecule has 0 aliphatic rings. The van der Waals surface area contributed by atoms with Gasteiger partial charge in [0.25, 0.3) is 0 Å². The largest absolute Gasteiger partial charge is 0.469 e. The van der Waals surface area contributed by atoms with Gasteiger partial charge in [-0.2, -0.15) is 0 Å². The predicted octanol–water partition coefficient (Wildman–Crippen LogP) is 2.62. The molecule has 0 aromatic heterocycles. The monoisotopic (exact) mass is 253 g/mol. The number of rotatable bonds is 6. The van der Waals surface area contributed by atoms with E-state index in [0.717, 1.165) is 5.75 Å². The lowest BCUT2D eigenvalue weighted by atomic mass is 10.1. The topological polar surface area (TPSA) is 38.3 Å². The van der Waals surface area contributed by atoms with Gasteiger partial charge in [-0.05, 0) is 25.6 Å². The zero-order chi connectivity index (χ0) is 12.7. The van der Waals surface area contributed by atoms with Crippen LogP contribution in [-0.4, -0.2) is 25.9 Å². The van der Waals surface area contributed by atoms with E-state index in [1.54, 1.807) is 11.8 Å². The van der Waals surface area contributed by atoms with Crippen LogP contribution >= 0.6 is 11.8 Å². The van der Waals surface area contributed by atoms with Gasteiger partial charge in [-0.3, -0.25) is 4.79 Å². The zero-order valence-corrected chi connectivity index (χ0v) is 11.3. The van der Waals surface area contributed by atoms with Gasteiger partial charge in [0.15, 0.2) is 0 Å². The van der Waals surface area contributed by atoms with Crippen molar-refractivity contribution in [3.63, 3.8) is 0 Å². The summed E-state index contributed by atoms with van der Waals surface area (Å²) in [5.41, 5.74) is 1.27. The number of carbonyl (C=O) groups excluding carboxylic acids is 1. The van der Waals surface area contributed by atoms with Crippen LogP contribution < -0.4 is 5.32 Å². The summed E-state index contributed by atoms with van der Waals surface area (Å²) in [6, 6.07) is 8.57. The Hall–Kier alpha value is -1.00. The first-order chi connectivity index (χ1) is 8.19. The third-order valence-electron chi connectivity index (χ3n) is 2.61. The molecule has 0 saturated heterocycles. The molecule has 0 fully saturated rings. The van der Waals surface area contributed by atoms with Gasteiger partial charge in [0, 0.05) is 16.7 Å². The third kappa shape index (κ3) is 4.40. The molecule has 3 nitrogen and oxygen atoms in total. The molecule has 0 amide bonds. The molecule has 0 radical (unpaired) electrons. The second-order valence-electron chi connectivity index (χ2n) is 3.72. The molecule has 1 atom stereocenters. The number of esters is 1. The molecule has 1 aromatic rings. The lowest BCUT2D eigenvalue weighted by molar-refractivity contribution is -0.140. The van der Waals surface area contributed by atoms with Gasteiger partial charge in [0.05, 0.1) is 13.5 Å². The predicted molar refractivity (Wildman–Crippen MR) is 71.3 cm³/mol. The van der Waals surface area contributed by atoms with Crippen molar-refractivity contribution in [1.29, 1.82) is 0 Å². The van der Waals surface area contributed by atoms with Gasteiger partial charge in [0.2, 0.25) is 0 Å². The molecule has 1 rings (SSSR count). The second kappa shape index (κ2) is 7.35. The van der Waals surface area contributed by atoms with E-state index in [0.29, 0.717) is 12.5 Å². The summed E-state index contributed by atoms with van der Waals surface area (Å²) in [5, 5.41) is 3.23. The Bertz CT molecular complexity index is 368. The highest BCUT2D eigenvalue weighted by Crippen LogP contribution is 2.27. The highest BCUT2D eigenvalue weighted by Gasteiger charge is 2.09. The number of methoxy groups -OCH3 is 1. The number of benzene rings is 1. The standard InChI is InChI=1S/C13H19NO2S/c1-10(14-2)11-6-4-5-7-12(11)17-9-8-13(15)16-3/h4-7,10,14H,8-9H2,1-3H3. The van der Waals surface area contributed by atoms with Crippen molar-refractivity contribution in [2.45, 2.75) is 24.3 Å². The van der Waals surface area contributed by atoms with E-state index < -0.39 is 0 Å². The first kappa shape index (κ1) is 14.1.